The maximum absolute atomic E-state index is 12.9. The number of carbonyl (C=O) groups excluding carboxylic acids is 1. The lowest BCUT2D eigenvalue weighted by Gasteiger charge is -2.41. The third-order valence-corrected chi connectivity index (χ3v) is 7.14. The van der Waals surface area contributed by atoms with E-state index in [4.69, 9.17) is 28.5 Å². The predicted octanol–water partition coefficient (Wildman–Crippen LogP) is -2.80. The SMILES string of the molecule is O=C(O)[C@H]1O[C@H](OC(=O)[C@H]2O[C@H](Oc3cc(O)c4c(=O)cc(-c5ccc(O)c(O)c5)oc4c3)[C@H](O)[C@@H](O)[C@@H]2O)[C@H](O)[C@@H](O)[C@@H]1O. The number of hydrogen-bond donors (Lipinski definition) is 10. The Labute approximate surface area is 249 Å². The molecule has 0 unspecified atom stereocenters. The van der Waals surface area contributed by atoms with Gasteiger partial charge in [0.15, 0.2) is 29.1 Å². The molecular weight excluding hydrogens is 612 g/mol. The Balaban J connectivity index is 1.39. The number of hydrogen-bond acceptors (Lipinski definition) is 17. The summed E-state index contributed by atoms with van der Waals surface area (Å²) in [6.45, 7) is 0. The molecule has 5 rings (SSSR count). The van der Waals surface area contributed by atoms with E-state index in [2.05, 4.69) is 0 Å². The highest BCUT2D eigenvalue weighted by atomic mass is 16.7. The monoisotopic (exact) mass is 638 g/mol. The second kappa shape index (κ2) is 12.1. The van der Waals surface area contributed by atoms with Crippen LogP contribution in [-0.4, -0.2) is 124 Å². The average Bonchev–Trinajstić information content (AvgIpc) is 2.98. The molecular formula is C27H26O18. The molecule has 10 atom stereocenters. The molecule has 18 nitrogen and oxygen atoms in total. The molecule has 18 heteroatoms. The van der Waals surface area contributed by atoms with Gasteiger partial charge in [-0.1, -0.05) is 0 Å². The van der Waals surface area contributed by atoms with Crippen LogP contribution in [0.3, 0.4) is 0 Å². The standard InChI is InChI=1S/C27H26O18/c28-9-2-1-7(3-10(9)29)13-6-12(31)15-11(30)4-8(5-14(15)42-13)41-26-20(36)17(33)19(35)23(44-26)25(40)45-27-21(37)16(32)18(34)22(43-27)24(38)39/h1-6,16-23,26-30,32-37H,(H,38,39)/t16-,17-,18-,19-,20+,21+,22-,23-,26-,27+/m0/s1. The fraction of sp³-hybridized carbons (Fsp3) is 0.370. The van der Waals surface area contributed by atoms with Crippen molar-refractivity contribution in [2.24, 2.45) is 0 Å². The molecule has 3 heterocycles. The van der Waals surface area contributed by atoms with Crippen LogP contribution in [0.4, 0.5) is 0 Å². The summed E-state index contributed by atoms with van der Waals surface area (Å²) >= 11 is 0. The van der Waals surface area contributed by atoms with E-state index in [1.165, 1.54) is 6.07 Å². The number of aromatic hydroxyl groups is 3. The molecule has 2 aromatic carbocycles. The third-order valence-electron chi connectivity index (χ3n) is 7.14. The zero-order valence-corrected chi connectivity index (χ0v) is 22.5. The first kappa shape index (κ1) is 31.9. The number of carbonyl (C=O) groups is 2. The van der Waals surface area contributed by atoms with Crippen LogP contribution in [0.15, 0.2) is 45.6 Å². The van der Waals surface area contributed by atoms with Gasteiger partial charge in [0.05, 0.1) is 0 Å². The number of phenols is 3. The molecule has 0 saturated carbocycles. The smallest absolute Gasteiger partial charge is 0.340 e. The van der Waals surface area contributed by atoms with Crippen LogP contribution in [0.5, 0.6) is 23.0 Å². The molecule has 2 fully saturated rings. The van der Waals surface area contributed by atoms with Crippen molar-refractivity contribution in [3.05, 3.63) is 46.6 Å². The summed E-state index contributed by atoms with van der Waals surface area (Å²) in [6.07, 6.45) is -21.1. The van der Waals surface area contributed by atoms with Crippen molar-refractivity contribution in [2.75, 3.05) is 0 Å². The Morgan fingerprint density at radius 1 is 0.689 bits per heavy atom. The van der Waals surface area contributed by atoms with Gasteiger partial charge in [-0.2, -0.15) is 0 Å². The van der Waals surface area contributed by atoms with Gasteiger partial charge in [0.2, 0.25) is 12.6 Å². The molecule has 0 bridgehead atoms. The lowest BCUT2D eigenvalue weighted by molar-refractivity contribution is -0.302. The van der Waals surface area contributed by atoms with E-state index in [0.717, 1.165) is 30.3 Å². The Hall–Kier alpha value is -4.53. The van der Waals surface area contributed by atoms with E-state index >= 15 is 0 Å². The molecule has 1 aromatic heterocycles. The first-order valence-corrected chi connectivity index (χ1v) is 13.0. The van der Waals surface area contributed by atoms with Crippen molar-refractivity contribution < 1.29 is 84.0 Å². The lowest BCUT2D eigenvalue weighted by Crippen LogP contribution is -2.63. The Bertz CT molecular complexity index is 1670. The summed E-state index contributed by atoms with van der Waals surface area (Å²) in [4.78, 5) is 36.9. The lowest BCUT2D eigenvalue weighted by atomic mass is 9.98. The number of aliphatic hydroxyl groups is 6. The maximum Gasteiger partial charge on any atom is 0.340 e. The molecule has 0 aliphatic carbocycles. The number of aliphatic carboxylic acids is 1. The molecule has 2 aliphatic heterocycles. The first-order valence-electron chi connectivity index (χ1n) is 13.0. The Morgan fingerprint density at radius 3 is 1.96 bits per heavy atom. The van der Waals surface area contributed by atoms with E-state index in [1.807, 2.05) is 0 Å². The summed E-state index contributed by atoms with van der Waals surface area (Å²) in [5.74, 6) is -5.38. The van der Waals surface area contributed by atoms with Crippen LogP contribution >= 0.6 is 0 Å². The molecule has 0 spiro atoms. The van der Waals surface area contributed by atoms with Crippen molar-refractivity contribution in [1.29, 1.82) is 0 Å². The molecule has 0 radical (unpaired) electrons. The summed E-state index contributed by atoms with van der Waals surface area (Å²) in [5, 5.41) is 99.8. The number of aliphatic hydroxyl groups excluding tert-OH is 6. The predicted molar refractivity (Wildman–Crippen MR) is 141 cm³/mol. The van der Waals surface area contributed by atoms with Gasteiger partial charge in [-0.15, -0.1) is 0 Å². The number of benzene rings is 2. The van der Waals surface area contributed by atoms with Gasteiger partial charge in [-0.3, -0.25) is 4.79 Å². The number of phenolic OH excluding ortho intramolecular Hbond substituents is 3. The van der Waals surface area contributed by atoms with Gasteiger partial charge in [0.25, 0.3) is 0 Å². The Kier molecular flexibility index (Phi) is 8.58. The summed E-state index contributed by atoms with van der Waals surface area (Å²) < 4.78 is 26.2. The van der Waals surface area contributed by atoms with Gasteiger partial charge >= 0.3 is 11.9 Å². The normalized spacial score (nSPS) is 31.8. The molecule has 3 aromatic rings. The minimum atomic E-state index is -2.18. The molecule has 45 heavy (non-hydrogen) atoms. The number of esters is 1. The van der Waals surface area contributed by atoms with Crippen LogP contribution < -0.4 is 10.2 Å². The summed E-state index contributed by atoms with van der Waals surface area (Å²) in [6, 6.07) is 6.59. The molecule has 10 N–H and O–H groups in total. The van der Waals surface area contributed by atoms with Crippen molar-refractivity contribution >= 4 is 22.9 Å². The zero-order chi connectivity index (χ0) is 32.9. The van der Waals surface area contributed by atoms with Crippen molar-refractivity contribution in [2.45, 2.75) is 61.4 Å². The molecule has 2 saturated heterocycles. The second-order valence-electron chi connectivity index (χ2n) is 10.2. The van der Waals surface area contributed by atoms with Crippen molar-refractivity contribution in [3.63, 3.8) is 0 Å². The Morgan fingerprint density at radius 2 is 1.31 bits per heavy atom. The molecule has 2 aliphatic rings. The molecule has 242 valence electrons. The zero-order valence-electron chi connectivity index (χ0n) is 22.5. The van der Waals surface area contributed by atoms with E-state index in [0.29, 0.717) is 0 Å². The highest BCUT2D eigenvalue weighted by molar-refractivity contribution is 5.86. The number of carboxylic acid groups (broad SMARTS) is 1. The van der Waals surface area contributed by atoms with E-state index in [1.54, 1.807) is 0 Å². The van der Waals surface area contributed by atoms with Crippen LogP contribution in [0.25, 0.3) is 22.3 Å². The van der Waals surface area contributed by atoms with Gasteiger partial charge in [0.1, 0.15) is 64.9 Å². The highest BCUT2D eigenvalue weighted by Gasteiger charge is 2.52. The fourth-order valence-electron chi connectivity index (χ4n) is 4.74. The van der Waals surface area contributed by atoms with Gasteiger partial charge < -0.3 is 74.4 Å². The minimum Gasteiger partial charge on any atom is -0.507 e. The van der Waals surface area contributed by atoms with Gasteiger partial charge in [0, 0.05) is 23.8 Å². The molecule has 0 amide bonds. The topological polar surface area (TPSA) is 304 Å². The van der Waals surface area contributed by atoms with E-state index < -0.39 is 96.0 Å². The largest absolute Gasteiger partial charge is 0.507 e. The number of fused-ring (bicyclic) bond motifs is 1. The van der Waals surface area contributed by atoms with Crippen molar-refractivity contribution in [3.8, 4) is 34.3 Å². The maximum atomic E-state index is 12.9. The minimum absolute atomic E-state index is 0.0930. The summed E-state index contributed by atoms with van der Waals surface area (Å²) in [7, 11) is 0. The van der Waals surface area contributed by atoms with E-state index in [9.17, 15) is 60.3 Å². The number of carboxylic acids is 1. The second-order valence-corrected chi connectivity index (χ2v) is 10.2. The fourth-order valence-corrected chi connectivity index (χ4v) is 4.74. The third kappa shape index (κ3) is 5.95. The van der Waals surface area contributed by atoms with Crippen molar-refractivity contribution in [1.82, 2.24) is 0 Å². The highest BCUT2D eigenvalue weighted by Crippen LogP contribution is 2.35. The van der Waals surface area contributed by atoms with E-state index in [-0.39, 0.29) is 28.0 Å². The quantitative estimate of drug-likeness (QED) is 0.0962. The van der Waals surface area contributed by atoms with Crippen LogP contribution in [0.1, 0.15) is 0 Å². The summed E-state index contributed by atoms with van der Waals surface area (Å²) in [5.41, 5.74) is -0.810. The van der Waals surface area contributed by atoms with Crippen LogP contribution in [-0.2, 0) is 23.8 Å². The van der Waals surface area contributed by atoms with Crippen LogP contribution in [0, 0.1) is 0 Å². The van der Waals surface area contributed by atoms with Gasteiger partial charge in [-0.05, 0) is 18.2 Å². The number of ether oxygens (including phenoxy) is 4. The average molecular weight is 638 g/mol. The number of rotatable bonds is 6. The van der Waals surface area contributed by atoms with Crippen LogP contribution in [0.2, 0.25) is 0 Å². The first-order chi connectivity index (χ1) is 21.2. The van der Waals surface area contributed by atoms with Gasteiger partial charge in [-0.25, -0.2) is 9.59 Å².